The molecule has 0 aliphatic rings. The first-order valence-electron chi connectivity index (χ1n) is 5.49. The summed E-state index contributed by atoms with van der Waals surface area (Å²) >= 11 is 6.26. The minimum Gasteiger partial charge on any atom is -0.496 e. The van der Waals surface area contributed by atoms with Gasteiger partial charge in [-0.1, -0.05) is 22.8 Å². The van der Waals surface area contributed by atoms with E-state index in [0.717, 1.165) is 11.1 Å². The fourth-order valence-corrected chi connectivity index (χ4v) is 2.17. The molecule has 2 rings (SSSR count). The van der Waals surface area contributed by atoms with Crippen LogP contribution in [0.15, 0.2) is 16.7 Å². The predicted molar refractivity (Wildman–Crippen MR) is 69.9 cm³/mol. The first-order valence-corrected chi connectivity index (χ1v) is 5.87. The fraction of sp³-hybridized carbons (Fsp3) is 0.231. The molecule has 0 radical (unpaired) electrons. The quantitative estimate of drug-likeness (QED) is 0.934. The Morgan fingerprint density at radius 1 is 1.37 bits per heavy atom. The average molecular weight is 282 g/mol. The number of carboxylic acids is 1. The first-order chi connectivity index (χ1) is 8.95. The van der Waals surface area contributed by atoms with Crippen molar-refractivity contribution in [2.24, 2.45) is 0 Å². The van der Waals surface area contributed by atoms with E-state index in [0.29, 0.717) is 22.0 Å². The minimum absolute atomic E-state index is 0.243. The molecule has 0 aliphatic carbocycles. The monoisotopic (exact) mass is 281 g/mol. The third-order valence-corrected chi connectivity index (χ3v) is 3.25. The molecule has 6 heteroatoms. The third kappa shape index (κ3) is 2.29. The Kier molecular flexibility index (Phi) is 3.48. The van der Waals surface area contributed by atoms with E-state index in [4.69, 9.17) is 26.0 Å². The number of aryl methyl sites for hydroxylation is 2. The molecule has 0 aliphatic heterocycles. The molecule has 0 spiro atoms. The summed E-state index contributed by atoms with van der Waals surface area (Å²) in [6, 6.07) is 3.22. The van der Waals surface area contributed by atoms with Gasteiger partial charge in [-0.25, -0.2) is 4.79 Å². The first kappa shape index (κ1) is 13.4. The molecule has 0 saturated heterocycles. The van der Waals surface area contributed by atoms with Gasteiger partial charge >= 0.3 is 5.97 Å². The average Bonchev–Trinajstić information content (AvgIpc) is 2.82. The van der Waals surface area contributed by atoms with Gasteiger partial charge < -0.3 is 14.4 Å². The number of ether oxygens (including phenoxy) is 1. The Balaban J connectivity index is 2.69. The van der Waals surface area contributed by atoms with Crippen molar-refractivity contribution >= 4 is 17.6 Å². The molecule has 0 bridgehead atoms. The lowest BCUT2D eigenvalue weighted by atomic mass is 10.0. The van der Waals surface area contributed by atoms with Crippen LogP contribution in [-0.4, -0.2) is 23.3 Å². The highest BCUT2D eigenvalue weighted by atomic mass is 35.5. The summed E-state index contributed by atoms with van der Waals surface area (Å²) in [5, 5.41) is 13.1. The summed E-state index contributed by atoms with van der Waals surface area (Å²) in [4.78, 5) is 10.8. The fourth-order valence-electron chi connectivity index (χ4n) is 1.93. The lowest BCUT2D eigenvalue weighted by molar-refractivity contribution is 0.0652. The van der Waals surface area contributed by atoms with Crippen molar-refractivity contribution in [3.63, 3.8) is 0 Å². The van der Waals surface area contributed by atoms with Crippen molar-refractivity contribution in [2.45, 2.75) is 13.8 Å². The topological polar surface area (TPSA) is 72.6 Å². The summed E-state index contributed by atoms with van der Waals surface area (Å²) in [5.74, 6) is -0.869. The van der Waals surface area contributed by atoms with Gasteiger partial charge in [-0.2, -0.15) is 0 Å². The van der Waals surface area contributed by atoms with Crippen LogP contribution in [0, 0.1) is 13.8 Å². The molecule has 1 heterocycles. The van der Waals surface area contributed by atoms with Gasteiger partial charge in [0.15, 0.2) is 0 Å². The van der Waals surface area contributed by atoms with Crippen molar-refractivity contribution < 1.29 is 19.2 Å². The summed E-state index contributed by atoms with van der Waals surface area (Å²) in [6.07, 6.45) is 0. The van der Waals surface area contributed by atoms with Gasteiger partial charge in [0.25, 0.3) is 0 Å². The van der Waals surface area contributed by atoms with Gasteiger partial charge in [-0.3, -0.25) is 0 Å². The Morgan fingerprint density at radius 3 is 2.58 bits per heavy atom. The molecule has 5 nitrogen and oxygen atoms in total. The van der Waals surface area contributed by atoms with Gasteiger partial charge in [0.2, 0.25) is 5.76 Å². The number of hydrogen-bond donors (Lipinski definition) is 1. The smallest absolute Gasteiger partial charge is 0.374 e. The molecular formula is C13H12ClNO4. The van der Waals surface area contributed by atoms with Crippen LogP contribution < -0.4 is 4.74 Å². The number of aromatic nitrogens is 1. The molecule has 19 heavy (non-hydrogen) atoms. The van der Waals surface area contributed by atoms with E-state index >= 15 is 0 Å². The van der Waals surface area contributed by atoms with E-state index in [1.165, 1.54) is 13.2 Å². The second kappa shape index (κ2) is 4.93. The largest absolute Gasteiger partial charge is 0.496 e. The van der Waals surface area contributed by atoms with Crippen LogP contribution in [0.3, 0.4) is 0 Å². The van der Waals surface area contributed by atoms with Crippen molar-refractivity contribution in [2.75, 3.05) is 7.11 Å². The van der Waals surface area contributed by atoms with E-state index < -0.39 is 5.97 Å². The van der Waals surface area contributed by atoms with Crippen molar-refractivity contribution in [1.29, 1.82) is 0 Å². The second-order valence-electron chi connectivity index (χ2n) is 4.11. The Morgan fingerprint density at radius 2 is 2.05 bits per heavy atom. The molecule has 2 aromatic rings. The minimum atomic E-state index is -1.18. The number of methoxy groups -OCH3 is 1. The van der Waals surface area contributed by atoms with Crippen LogP contribution in [0.5, 0.6) is 5.75 Å². The van der Waals surface area contributed by atoms with Crippen molar-refractivity contribution in [1.82, 2.24) is 5.16 Å². The molecule has 0 unspecified atom stereocenters. The second-order valence-corrected chi connectivity index (χ2v) is 4.49. The highest BCUT2D eigenvalue weighted by molar-refractivity contribution is 6.34. The van der Waals surface area contributed by atoms with E-state index in [1.54, 1.807) is 0 Å². The Bertz CT molecular complexity index is 648. The maximum absolute atomic E-state index is 10.8. The molecule has 100 valence electrons. The highest BCUT2D eigenvalue weighted by Crippen LogP contribution is 2.40. The Hall–Kier alpha value is -2.01. The molecular weight excluding hydrogens is 270 g/mol. The number of halogens is 1. The summed E-state index contributed by atoms with van der Waals surface area (Å²) in [6.45, 7) is 3.74. The number of rotatable bonds is 3. The zero-order valence-corrected chi connectivity index (χ0v) is 11.4. The number of nitrogens with zero attached hydrogens (tertiary/aromatic N) is 1. The molecule has 0 amide bonds. The van der Waals surface area contributed by atoms with Gasteiger partial charge in [0, 0.05) is 6.07 Å². The predicted octanol–water partition coefficient (Wildman–Crippen LogP) is 3.32. The van der Waals surface area contributed by atoms with Crippen LogP contribution >= 0.6 is 11.6 Å². The number of hydrogen-bond acceptors (Lipinski definition) is 4. The van der Waals surface area contributed by atoms with E-state index in [-0.39, 0.29) is 5.76 Å². The van der Waals surface area contributed by atoms with Crippen LogP contribution in [0.4, 0.5) is 0 Å². The van der Waals surface area contributed by atoms with E-state index in [9.17, 15) is 4.79 Å². The molecule has 0 saturated carbocycles. The van der Waals surface area contributed by atoms with Gasteiger partial charge in [0.1, 0.15) is 11.4 Å². The van der Waals surface area contributed by atoms with Crippen LogP contribution in [-0.2, 0) is 0 Å². The zero-order chi connectivity index (χ0) is 14.2. The summed E-state index contributed by atoms with van der Waals surface area (Å²) in [5.41, 5.74) is 2.62. The van der Waals surface area contributed by atoms with Crippen molar-refractivity contribution in [3.8, 4) is 17.0 Å². The maximum Gasteiger partial charge on any atom is 0.374 e. The number of benzene rings is 1. The Labute approximate surface area is 114 Å². The van der Waals surface area contributed by atoms with Gasteiger partial charge in [-0.05, 0) is 25.0 Å². The van der Waals surface area contributed by atoms with Crippen LogP contribution in [0.2, 0.25) is 5.02 Å². The van der Waals surface area contributed by atoms with Gasteiger partial charge in [0.05, 0.1) is 17.7 Å². The van der Waals surface area contributed by atoms with Crippen LogP contribution in [0.25, 0.3) is 11.3 Å². The molecule has 1 aromatic heterocycles. The number of aromatic carboxylic acids is 1. The SMILES string of the molecule is COc1c(C)cc(C)c(Cl)c1-c1cc(C(=O)O)on1. The van der Waals surface area contributed by atoms with Crippen LogP contribution in [0.1, 0.15) is 21.7 Å². The number of carbonyl (C=O) groups is 1. The third-order valence-electron chi connectivity index (χ3n) is 2.77. The molecule has 0 fully saturated rings. The van der Waals surface area contributed by atoms with E-state index in [1.807, 2.05) is 19.9 Å². The maximum atomic E-state index is 10.8. The summed E-state index contributed by atoms with van der Waals surface area (Å²) < 4.78 is 10.1. The lowest BCUT2D eigenvalue weighted by Crippen LogP contribution is -1.95. The zero-order valence-electron chi connectivity index (χ0n) is 10.7. The van der Waals surface area contributed by atoms with Gasteiger partial charge in [-0.15, -0.1) is 0 Å². The summed E-state index contributed by atoms with van der Waals surface area (Å²) in [7, 11) is 1.52. The molecule has 1 N–H and O–H groups in total. The molecule has 0 atom stereocenters. The highest BCUT2D eigenvalue weighted by Gasteiger charge is 2.20. The normalized spacial score (nSPS) is 10.5. The lowest BCUT2D eigenvalue weighted by Gasteiger charge is -2.13. The van der Waals surface area contributed by atoms with Crippen molar-refractivity contribution in [3.05, 3.63) is 34.0 Å². The number of carboxylic acid groups (broad SMARTS) is 1. The standard InChI is InChI=1S/C13H12ClNO4/c1-6-4-7(2)12(18-3)10(11(6)14)8-5-9(13(16)17)19-15-8/h4-5H,1-3H3,(H,16,17). The molecule has 1 aromatic carbocycles. The van der Waals surface area contributed by atoms with E-state index in [2.05, 4.69) is 5.16 Å².